The summed E-state index contributed by atoms with van der Waals surface area (Å²) in [5.41, 5.74) is 1.09. The summed E-state index contributed by atoms with van der Waals surface area (Å²) in [6, 6.07) is 1.47. The maximum absolute atomic E-state index is 3.88. The zero-order chi connectivity index (χ0) is 28.9. The zero-order valence-corrected chi connectivity index (χ0v) is 28.3. The van der Waals surface area contributed by atoms with E-state index in [-0.39, 0.29) is 0 Å². The fourth-order valence-corrected chi connectivity index (χ4v) is 6.74. The van der Waals surface area contributed by atoms with Gasteiger partial charge in [-0.2, -0.15) is 0 Å². The van der Waals surface area contributed by atoms with Crippen molar-refractivity contribution in [3.63, 3.8) is 0 Å². The van der Waals surface area contributed by atoms with E-state index in [1.165, 1.54) is 129 Å². The van der Waals surface area contributed by atoms with Crippen LogP contribution in [0.1, 0.15) is 152 Å². The molecule has 232 valence electrons. The van der Waals surface area contributed by atoms with Crippen molar-refractivity contribution in [1.29, 1.82) is 0 Å². The van der Waals surface area contributed by atoms with Gasteiger partial charge in [0.15, 0.2) is 0 Å². The standard InChI is InChI=1S/C35H72N4/c1-30(2)16-12-10-11-14-24-36-32-19-28-39(29-20-32)35(8,9)23-22-34(6,7)21-13-15-25-37-31-17-26-38(27-18-31)33(3,4)5/h30-32,36-37H,10-29H2,1-9H3. The van der Waals surface area contributed by atoms with Gasteiger partial charge in [0.25, 0.3) is 0 Å². The van der Waals surface area contributed by atoms with Crippen LogP contribution in [0, 0.1) is 11.3 Å². The predicted molar refractivity (Wildman–Crippen MR) is 174 cm³/mol. The number of hydrogen-bond donors (Lipinski definition) is 2. The Morgan fingerprint density at radius 1 is 0.590 bits per heavy atom. The number of nitrogens with zero attached hydrogens (tertiary/aromatic N) is 2. The van der Waals surface area contributed by atoms with Gasteiger partial charge in [0.2, 0.25) is 0 Å². The average molecular weight is 549 g/mol. The molecule has 0 spiro atoms. The van der Waals surface area contributed by atoms with Crippen LogP contribution in [0.2, 0.25) is 0 Å². The van der Waals surface area contributed by atoms with E-state index in [9.17, 15) is 0 Å². The molecule has 0 radical (unpaired) electrons. The molecule has 0 saturated carbocycles. The third-order valence-electron chi connectivity index (χ3n) is 10.1. The number of nitrogens with one attached hydrogen (secondary N) is 2. The van der Waals surface area contributed by atoms with E-state index in [0.717, 1.165) is 18.0 Å². The second kappa shape index (κ2) is 17.1. The average Bonchev–Trinajstić information content (AvgIpc) is 2.87. The van der Waals surface area contributed by atoms with Gasteiger partial charge in [-0.25, -0.2) is 0 Å². The van der Waals surface area contributed by atoms with Crippen LogP contribution < -0.4 is 10.6 Å². The van der Waals surface area contributed by atoms with E-state index in [1.54, 1.807) is 0 Å². The molecular formula is C35H72N4. The van der Waals surface area contributed by atoms with Gasteiger partial charge in [-0.1, -0.05) is 59.8 Å². The Bertz CT molecular complexity index is 619. The molecule has 4 nitrogen and oxygen atoms in total. The minimum atomic E-state index is 0.322. The topological polar surface area (TPSA) is 30.5 Å². The second-order valence-electron chi connectivity index (χ2n) is 16.1. The van der Waals surface area contributed by atoms with Crippen LogP contribution in [-0.4, -0.2) is 72.2 Å². The third-order valence-corrected chi connectivity index (χ3v) is 10.1. The number of piperidine rings is 2. The van der Waals surface area contributed by atoms with E-state index in [1.807, 2.05) is 0 Å². The molecule has 0 atom stereocenters. The van der Waals surface area contributed by atoms with E-state index in [4.69, 9.17) is 0 Å². The first-order chi connectivity index (χ1) is 18.3. The highest BCUT2D eigenvalue weighted by molar-refractivity contribution is 4.89. The van der Waals surface area contributed by atoms with Crippen molar-refractivity contribution in [2.45, 2.75) is 175 Å². The van der Waals surface area contributed by atoms with Crippen LogP contribution in [0.25, 0.3) is 0 Å². The quantitative estimate of drug-likeness (QED) is 0.169. The highest BCUT2D eigenvalue weighted by atomic mass is 15.2. The van der Waals surface area contributed by atoms with E-state index >= 15 is 0 Å². The molecule has 0 unspecified atom stereocenters. The minimum absolute atomic E-state index is 0.322. The van der Waals surface area contributed by atoms with Crippen molar-refractivity contribution in [2.24, 2.45) is 11.3 Å². The monoisotopic (exact) mass is 549 g/mol. The van der Waals surface area contributed by atoms with Crippen LogP contribution in [0.3, 0.4) is 0 Å². The van der Waals surface area contributed by atoms with Crippen LogP contribution in [0.15, 0.2) is 0 Å². The predicted octanol–water partition coefficient (Wildman–Crippen LogP) is 8.25. The van der Waals surface area contributed by atoms with Crippen LogP contribution in [-0.2, 0) is 0 Å². The number of rotatable bonds is 18. The first kappa shape index (κ1) is 35.0. The van der Waals surface area contributed by atoms with Gasteiger partial charge in [0, 0.05) is 49.3 Å². The molecule has 2 aliphatic rings. The summed E-state index contributed by atoms with van der Waals surface area (Å²) in [6.07, 6.45) is 18.9. The molecule has 39 heavy (non-hydrogen) atoms. The van der Waals surface area contributed by atoms with Crippen LogP contribution >= 0.6 is 0 Å². The molecule has 2 saturated heterocycles. The Morgan fingerprint density at radius 3 is 1.59 bits per heavy atom. The first-order valence-corrected chi connectivity index (χ1v) is 17.3. The Balaban J connectivity index is 1.53. The molecule has 2 aliphatic heterocycles. The molecule has 2 heterocycles. The van der Waals surface area contributed by atoms with Crippen molar-refractivity contribution >= 4 is 0 Å². The fourth-order valence-electron chi connectivity index (χ4n) is 6.74. The lowest BCUT2D eigenvalue weighted by Crippen LogP contribution is -2.51. The summed E-state index contributed by atoms with van der Waals surface area (Å²) < 4.78 is 0. The first-order valence-electron chi connectivity index (χ1n) is 17.3. The molecule has 4 heteroatoms. The van der Waals surface area contributed by atoms with Gasteiger partial charge in [-0.05, 0) is 117 Å². The largest absolute Gasteiger partial charge is 0.314 e. The van der Waals surface area contributed by atoms with Crippen molar-refractivity contribution in [2.75, 3.05) is 39.3 Å². The molecule has 0 aliphatic carbocycles. The molecule has 0 amide bonds. The lowest BCUT2D eigenvalue weighted by Gasteiger charge is -2.44. The summed E-state index contributed by atoms with van der Waals surface area (Å²) in [5, 5.41) is 7.75. The molecule has 0 aromatic carbocycles. The second-order valence-corrected chi connectivity index (χ2v) is 16.1. The van der Waals surface area contributed by atoms with Gasteiger partial charge < -0.3 is 10.6 Å². The highest BCUT2D eigenvalue weighted by Crippen LogP contribution is 2.34. The molecular weight excluding hydrogens is 476 g/mol. The number of unbranched alkanes of at least 4 members (excludes halogenated alkanes) is 4. The van der Waals surface area contributed by atoms with Crippen LogP contribution in [0.5, 0.6) is 0 Å². The van der Waals surface area contributed by atoms with Gasteiger partial charge in [0.05, 0.1) is 0 Å². The van der Waals surface area contributed by atoms with E-state index in [2.05, 4.69) is 82.7 Å². The molecule has 0 aromatic heterocycles. The summed E-state index contributed by atoms with van der Waals surface area (Å²) in [4.78, 5) is 5.44. The Labute approximate surface area is 246 Å². The Hall–Kier alpha value is -0.160. The zero-order valence-electron chi connectivity index (χ0n) is 28.3. The molecule has 0 bridgehead atoms. The van der Waals surface area contributed by atoms with Gasteiger partial charge in [-0.15, -0.1) is 0 Å². The van der Waals surface area contributed by atoms with Crippen molar-refractivity contribution in [3.8, 4) is 0 Å². The SMILES string of the molecule is CC(C)CCCCCCNC1CCN(C(C)(C)CCC(C)(C)CCCCNC2CCN(C(C)(C)C)CC2)CC1. The normalized spacial score (nSPS) is 19.8. The van der Waals surface area contributed by atoms with Gasteiger partial charge in [-0.3, -0.25) is 9.80 Å². The fraction of sp³-hybridized carbons (Fsp3) is 1.00. The summed E-state index contributed by atoms with van der Waals surface area (Å²) in [6.45, 7) is 29.2. The maximum atomic E-state index is 3.88. The Kier molecular flexibility index (Phi) is 15.3. The Morgan fingerprint density at radius 2 is 1.08 bits per heavy atom. The van der Waals surface area contributed by atoms with Gasteiger partial charge >= 0.3 is 0 Å². The smallest absolute Gasteiger partial charge is 0.0153 e. The van der Waals surface area contributed by atoms with Crippen LogP contribution in [0.4, 0.5) is 0 Å². The summed E-state index contributed by atoms with van der Waals surface area (Å²) >= 11 is 0. The van der Waals surface area contributed by atoms with Crippen molar-refractivity contribution in [1.82, 2.24) is 20.4 Å². The molecule has 2 fully saturated rings. The van der Waals surface area contributed by atoms with E-state index in [0.29, 0.717) is 16.5 Å². The third kappa shape index (κ3) is 14.5. The van der Waals surface area contributed by atoms with Crippen molar-refractivity contribution < 1.29 is 0 Å². The molecule has 2 N–H and O–H groups in total. The molecule has 2 rings (SSSR count). The number of likely N-dealkylation sites (tertiary alicyclic amines) is 2. The lowest BCUT2D eigenvalue weighted by molar-refractivity contribution is 0.0642. The number of hydrogen-bond acceptors (Lipinski definition) is 4. The summed E-state index contributed by atoms with van der Waals surface area (Å²) in [5.74, 6) is 0.864. The highest BCUT2D eigenvalue weighted by Gasteiger charge is 2.32. The van der Waals surface area contributed by atoms with Gasteiger partial charge in [0.1, 0.15) is 0 Å². The summed E-state index contributed by atoms with van der Waals surface area (Å²) in [7, 11) is 0. The maximum Gasteiger partial charge on any atom is 0.0153 e. The minimum Gasteiger partial charge on any atom is -0.314 e. The van der Waals surface area contributed by atoms with E-state index < -0.39 is 0 Å². The lowest BCUT2D eigenvalue weighted by atomic mass is 9.78. The molecule has 0 aromatic rings. The van der Waals surface area contributed by atoms with Crippen molar-refractivity contribution in [3.05, 3.63) is 0 Å².